The summed E-state index contributed by atoms with van der Waals surface area (Å²) in [4.78, 5) is 12.0. The third kappa shape index (κ3) is 8.12. The first-order valence-electron chi connectivity index (χ1n) is 7.58. The molecule has 0 spiro atoms. The van der Waals surface area contributed by atoms with Crippen LogP contribution < -0.4 is 5.32 Å². The van der Waals surface area contributed by atoms with Crippen LogP contribution in [0, 0.1) is 5.82 Å². The molecule has 0 fully saturated rings. The van der Waals surface area contributed by atoms with Crippen molar-refractivity contribution in [2.24, 2.45) is 0 Å². The van der Waals surface area contributed by atoms with E-state index in [1.165, 1.54) is 18.2 Å². The summed E-state index contributed by atoms with van der Waals surface area (Å²) in [7, 11) is -3.63. The molecule has 1 amide bonds. The fourth-order valence-electron chi connectivity index (χ4n) is 1.87. The molecule has 0 aliphatic rings. The number of nitrogens with one attached hydrogen (secondary N) is 1. The summed E-state index contributed by atoms with van der Waals surface area (Å²) in [5.74, 6) is -0.152. The van der Waals surface area contributed by atoms with E-state index in [9.17, 15) is 17.6 Å². The van der Waals surface area contributed by atoms with E-state index in [1.807, 2.05) is 0 Å². The third-order valence-electron chi connectivity index (χ3n) is 3.05. The minimum Gasteiger partial charge on any atom is -0.354 e. The van der Waals surface area contributed by atoms with Gasteiger partial charge in [-0.3, -0.25) is 4.79 Å². The van der Waals surface area contributed by atoms with E-state index in [2.05, 4.69) is 26.1 Å². The molecule has 0 saturated heterocycles. The van der Waals surface area contributed by atoms with Crippen molar-refractivity contribution in [2.75, 3.05) is 25.1 Å². The molecule has 1 aromatic carbocycles. The van der Waals surface area contributed by atoms with Crippen LogP contribution in [0.5, 0.6) is 0 Å². The van der Waals surface area contributed by atoms with Crippen LogP contribution in [0.3, 0.4) is 0 Å². The summed E-state index contributed by atoms with van der Waals surface area (Å²) >= 11 is 1.71. The highest BCUT2D eigenvalue weighted by atomic mass is 32.2. The predicted octanol–water partition coefficient (Wildman–Crippen LogP) is 2.24. The number of thioether (sulfide) groups is 1. The maximum absolute atomic E-state index is 13.7. The topological polar surface area (TPSA) is 66.5 Å². The van der Waals surface area contributed by atoms with Crippen molar-refractivity contribution in [1.29, 1.82) is 0 Å². The molecule has 8 heteroatoms. The second kappa shape index (κ2) is 8.82. The van der Waals surface area contributed by atoms with Crippen LogP contribution in [0.25, 0.3) is 0 Å². The summed E-state index contributed by atoms with van der Waals surface area (Å²) < 4.78 is 38.5. The maximum atomic E-state index is 13.7. The zero-order chi connectivity index (χ0) is 18.4. The fraction of sp³-hybridized carbons (Fsp3) is 0.562. The summed E-state index contributed by atoms with van der Waals surface area (Å²) in [6, 6.07) is 5.93. The zero-order valence-corrected chi connectivity index (χ0v) is 16.1. The number of carbonyl (C=O) groups excluding carboxylic acids is 1. The molecule has 0 radical (unpaired) electrons. The number of carbonyl (C=O) groups is 1. The average Bonchev–Trinajstić information content (AvgIpc) is 2.43. The molecule has 24 heavy (non-hydrogen) atoms. The maximum Gasteiger partial charge on any atom is 0.235 e. The van der Waals surface area contributed by atoms with Gasteiger partial charge in [-0.1, -0.05) is 39.0 Å². The Labute approximate surface area is 148 Å². The lowest BCUT2D eigenvalue weighted by Gasteiger charge is -2.20. The monoisotopic (exact) mass is 376 g/mol. The van der Waals surface area contributed by atoms with Crippen molar-refractivity contribution in [1.82, 2.24) is 9.62 Å². The van der Waals surface area contributed by atoms with Crippen molar-refractivity contribution < 1.29 is 17.6 Å². The van der Waals surface area contributed by atoms with E-state index < -0.39 is 21.7 Å². The van der Waals surface area contributed by atoms with E-state index in [0.717, 1.165) is 16.3 Å². The largest absolute Gasteiger partial charge is 0.354 e. The number of hydrogen-bond donors (Lipinski definition) is 1. The van der Waals surface area contributed by atoms with Gasteiger partial charge in [0, 0.05) is 29.2 Å². The van der Waals surface area contributed by atoms with Gasteiger partial charge in [0.25, 0.3) is 0 Å². The van der Waals surface area contributed by atoms with Crippen LogP contribution in [0.1, 0.15) is 26.3 Å². The van der Waals surface area contributed by atoms with Gasteiger partial charge in [-0.15, -0.1) is 0 Å². The molecular weight excluding hydrogens is 351 g/mol. The van der Waals surface area contributed by atoms with Crippen molar-refractivity contribution in [2.45, 2.75) is 32.1 Å². The minimum atomic E-state index is -3.63. The molecule has 0 aliphatic carbocycles. The third-order valence-corrected chi connectivity index (χ3v) is 5.52. The lowest BCUT2D eigenvalue weighted by atomic mass is 10.2. The van der Waals surface area contributed by atoms with Crippen LogP contribution in [-0.4, -0.2) is 48.5 Å². The van der Waals surface area contributed by atoms with Crippen LogP contribution in [-0.2, 0) is 21.4 Å². The first-order valence-corrected chi connectivity index (χ1v) is 10.4. The minimum absolute atomic E-state index is 0.106. The molecule has 0 heterocycles. The molecule has 5 nitrogen and oxygen atoms in total. The van der Waals surface area contributed by atoms with Gasteiger partial charge in [0.05, 0.1) is 12.8 Å². The number of sulfonamides is 1. The Hall–Kier alpha value is -1.12. The molecule has 1 rings (SSSR count). The first-order chi connectivity index (χ1) is 11.0. The summed E-state index contributed by atoms with van der Waals surface area (Å²) in [5.41, 5.74) is 0.235. The summed E-state index contributed by atoms with van der Waals surface area (Å²) in [6.45, 7) is 6.21. The van der Waals surface area contributed by atoms with Gasteiger partial charge in [0.2, 0.25) is 15.9 Å². The van der Waals surface area contributed by atoms with Crippen LogP contribution in [0.15, 0.2) is 24.3 Å². The van der Waals surface area contributed by atoms with Crippen molar-refractivity contribution in [3.63, 3.8) is 0 Å². The number of nitrogens with zero attached hydrogens (tertiary/aromatic N) is 1. The first kappa shape index (κ1) is 20.9. The lowest BCUT2D eigenvalue weighted by Crippen LogP contribution is -2.40. The summed E-state index contributed by atoms with van der Waals surface area (Å²) in [5, 5.41) is 2.70. The van der Waals surface area contributed by atoms with E-state index in [0.29, 0.717) is 6.54 Å². The van der Waals surface area contributed by atoms with E-state index >= 15 is 0 Å². The number of amides is 1. The molecule has 0 unspecified atom stereocenters. The number of halogens is 1. The molecule has 136 valence electrons. The number of rotatable bonds is 8. The van der Waals surface area contributed by atoms with Crippen molar-refractivity contribution >= 4 is 27.7 Å². The Morgan fingerprint density at radius 2 is 1.92 bits per heavy atom. The average molecular weight is 377 g/mol. The van der Waals surface area contributed by atoms with Gasteiger partial charge in [-0.25, -0.2) is 12.8 Å². The number of benzene rings is 1. The predicted molar refractivity (Wildman–Crippen MR) is 96.9 cm³/mol. The Morgan fingerprint density at radius 1 is 1.29 bits per heavy atom. The molecule has 0 aromatic heterocycles. The fourth-order valence-corrected chi connectivity index (χ4v) is 3.41. The van der Waals surface area contributed by atoms with Crippen LogP contribution >= 0.6 is 11.8 Å². The highest BCUT2D eigenvalue weighted by molar-refractivity contribution is 8.00. The van der Waals surface area contributed by atoms with Gasteiger partial charge >= 0.3 is 0 Å². The van der Waals surface area contributed by atoms with Gasteiger partial charge < -0.3 is 5.32 Å². The van der Waals surface area contributed by atoms with Crippen LogP contribution in [0.2, 0.25) is 0 Å². The number of hydrogen-bond acceptors (Lipinski definition) is 4. The van der Waals surface area contributed by atoms with E-state index in [1.54, 1.807) is 17.8 Å². The molecule has 0 atom stereocenters. The Bertz CT molecular complexity index is 658. The smallest absolute Gasteiger partial charge is 0.235 e. The van der Waals surface area contributed by atoms with Crippen molar-refractivity contribution in [3.05, 3.63) is 35.6 Å². The standard InChI is InChI=1S/C16H25FN2O3S2/c1-16(2,3)23-10-9-18-15(20)12-19(24(4,21)22)11-13-7-5-6-8-14(13)17/h5-8H,9-12H2,1-4H3,(H,18,20). The van der Waals surface area contributed by atoms with Crippen LogP contribution in [0.4, 0.5) is 4.39 Å². The van der Waals surface area contributed by atoms with Gasteiger partial charge in [0.15, 0.2) is 0 Å². The SMILES string of the molecule is CC(C)(C)SCCNC(=O)CN(Cc1ccccc1F)S(C)(=O)=O. The molecule has 1 N–H and O–H groups in total. The van der Waals surface area contributed by atoms with Gasteiger partial charge in [0.1, 0.15) is 5.82 Å². The molecule has 0 saturated carbocycles. The second-order valence-corrected chi connectivity index (χ2v) is 10.3. The molecular formula is C16H25FN2O3S2. The summed E-state index contributed by atoms with van der Waals surface area (Å²) in [6.07, 6.45) is 1.01. The molecule has 0 aliphatic heterocycles. The molecule has 1 aromatic rings. The van der Waals surface area contributed by atoms with Crippen molar-refractivity contribution in [3.8, 4) is 0 Å². The van der Waals surface area contributed by atoms with Gasteiger partial charge in [-0.05, 0) is 6.07 Å². The normalized spacial score (nSPS) is 12.4. The van der Waals surface area contributed by atoms with E-state index in [4.69, 9.17) is 0 Å². The molecule has 0 bridgehead atoms. The van der Waals surface area contributed by atoms with Gasteiger partial charge in [-0.2, -0.15) is 16.1 Å². The van der Waals surface area contributed by atoms with E-state index in [-0.39, 0.29) is 23.4 Å². The highest BCUT2D eigenvalue weighted by Crippen LogP contribution is 2.22. The lowest BCUT2D eigenvalue weighted by molar-refractivity contribution is -0.121. The second-order valence-electron chi connectivity index (χ2n) is 6.43. The Morgan fingerprint density at radius 3 is 2.46 bits per heavy atom. The Balaban J connectivity index is 2.61. The highest BCUT2D eigenvalue weighted by Gasteiger charge is 2.21. The zero-order valence-electron chi connectivity index (χ0n) is 14.5. The quantitative estimate of drug-likeness (QED) is 0.707. The Kier molecular flexibility index (Phi) is 7.69.